The lowest BCUT2D eigenvalue weighted by molar-refractivity contribution is -0.143. The molecule has 0 bridgehead atoms. The van der Waals surface area contributed by atoms with Gasteiger partial charge in [0.25, 0.3) is 0 Å². The molecule has 1 unspecified atom stereocenters. The van der Waals surface area contributed by atoms with Crippen molar-refractivity contribution in [1.82, 2.24) is 5.32 Å². The average Bonchev–Trinajstić information content (AvgIpc) is 2.15. The smallest absolute Gasteiger partial charge is 0.307 e. The Morgan fingerprint density at radius 3 is 2.44 bits per heavy atom. The Morgan fingerprint density at radius 1 is 1.44 bits per heavy atom. The van der Waals surface area contributed by atoms with E-state index >= 15 is 0 Å². The van der Waals surface area contributed by atoms with E-state index in [0.717, 1.165) is 0 Å². The fourth-order valence-electron chi connectivity index (χ4n) is 1.06. The lowest BCUT2D eigenvalue weighted by Gasteiger charge is -2.23. The van der Waals surface area contributed by atoms with E-state index in [2.05, 4.69) is 5.32 Å². The van der Waals surface area contributed by atoms with E-state index in [1.807, 2.05) is 6.92 Å². The Morgan fingerprint density at radius 2 is 2.00 bits per heavy atom. The number of nitrogens with two attached hydrogens (primary N) is 1. The molecular formula is C11H22N2O3. The molecule has 0 heterocycles. The van der Waals surface area contributed by atoms with Crippen LogP contribution in [0.2, 0.25) is 0 Å². The highest BCUT2D eigenvalue weighted by Crippen LogP contribution is 2.12. The first kappa shape index (κ1) is 14.9. The second-order valence-corrected chi connectivity index (χ2v) is 4.54. The van der Waals surface area contributed by atoms with Crippen molar-refractivity contribution in [2.24, 2.45) is 11.1 Å². The van der Waals surface area contributed by atoms with Crippen LogP contribution in [0, 0.1) is 5.41 Å². The molecule has 0 aromatic heterocycles. The van der Waals surface area contributed by atoms with Crippen LogP contribution in [0.5, 0.6) is 0 Å². The van der Waals surface area contributed by atoms with E-state index in [1.54, 1.807) is 20.8 Å². The van der Waals surface area contributed by atoms with E-state index < -0.39 is 5.41 Å². The highest BCUT2D eigenvalue weighted by Gasteiger charge is 2.25. The zero-order chi connectivity index (χ0) is 12.8. The summed E-state index contributed by atoms with van der Waals surface area (Å²) in [5, 5.41) is 3.09. The van der Waals surface area contributed by atoms with Crippen LogP contribution in [-0.2, 0) is 14.3 Å². The summed E-state index contributed by atoms with van der Waals surface area (Å²) in [7, 11) is 0. The molecule has 0 aromatic rings. The third-order valence-corrected chi connectivity index (χ3v) is 2.34. The molecule has 0 fully saturated rings. The van der Waals surface area contributed by atoms with E-state index in [4.69, 9.17) is 10.5 Å². The van der Waals surface area contributed by atoms with Gasteiger partial charge in [-0.1, -0.05) is 0 Å². The predicted molar refractivity (Wildman–Crippen MR) is 61.7 cm³/mol. The van der Waals surface area contributed by atoms with Crippen molar-refractivity contribution in [1.29, 1.82) is 0 Å². The van der Waals surface area contributed by atoms with Crippen molar-refractivity contribution < 1.29 is 14.3 Å². The van der Waals surface area contributed by atoms with Gasteiger partial charge in [-0.15, -0.1) is 0 Å². The van der Waals surface area contributed by atoms with Crippen LogP contribution in [0.4, 0.5) is 0 Å². The summed E-state index contributed by atoms with van der Waals surface area (Å²) in [6.07, 6.45) is 0.294. The number of rotatable bonds is 7. The van der Waals surface area contributed by atoms with Gasteiger partial charge < -0.3 is 15.8 Å². The Balaban J connectivity index is 3.94. The summed E-state index contributed by atoms with van der Waals surface area (Å²) < 4.78 is 4.82. The van der Waals surface area contributed by atoms with Gasteiger partial charge in [0.15, 0.2) is 0 Å². The summed E-state index contributed by atoms with van der Waals surface area (Å²) in [6.45, 7) is 8.00. The topological polar surface area (TPSA) is 81.4 Å². The Kier molecular flexibility index (Phi) is 6.03. The quantitative estimate of drug-likeness (QED) is 0.621. The van der Waals surface area contributed by atoms with Crippen LogP contribution in [0.3, 0.4) is 0 Å². The van der Waals surface area contributed by atoms with Crippen molar-refractivity contribution in [3.05, 3.63) is 0 Å². The van der Waals surface area contributed by atoms with Gasteiger partial charge in [-0.25, -0.2) is 0 Å². The van der Waals surface area contributed by atoms with Crippen LogP contribution in [-0.4, -0.2) is 31.1 Å². The molecule has 0 rings (SSSR count). The fourth-order valence-corrected chi connectivity index (χ4v) is 1.06. The molecular weight excluding hydrogens is 208 g/mol. The number of carbonyl (C=O) groups is 2. The maximum absolute atomic E-state index is 11.2. The number of primary amides is 1. The fraction of sp³-hybridized carbons (Fsp3) is 0.818. The molecule has 3 N–H and O–H groups in total. The van der Waals surface area contributed by atoms with Crippen molar-refractivity contribution in [3.8, 4) is 0 Å². The first-order chi connectivity index (χ1) is 7.29. The molecule has 0 saturated carbocycles. The highest BCUT2D eigenvalue weighted by atomic mass is 16.5. The van der Waals surface area contributed by atoms with Gasteiger partial charge in [-0.3, -0.25) is 9.59 Å². The minimum Gasteiger partial charge on any atom is -0.466 e. The summed E-state index contributed by atoms with van der Waals surface area (Å²) in [6, 6.07) is -0.0299. The molecule has 0 radical (unpaired) electrons. The number of esters is 1. The van der Waals surface area contributed by atoms with Crippen molar-refractivity contribution in [3.63, 3.8) is 0 Å². The first-order valence-corrected chi connectivity index (χ1v) is 5.48. The van der Waals surface area contributed by atoms with E-state index in [0.29, 0.717) is 19.6 Å². The van der Waals surface area contributed by atoms with E-state index in [-0.39, 0.29) is 17.9 Å². The lowest BCUT2D eigenvalue weighted by atomic mass is 9.92. The number of amides is 1. The largest absolute Gasteiger partial charge is 0.466 e. The molecule has 1 amide bonds. The lowest BCUT2D eigenvalue weighted by Crippen LogP contribution is -2.43. The number of carbonyl (C=O) groups excluding carboxylic acids is 2. The first-order valence-electron chi connectivity index (χ1n) is 5.48. The third-order valence-electron chi connectivity index (χ3n) is 2.34. The average molecular weight is 230 g/mol. The summed E-state index contributed by atoms with van der Waals surface area (Å²) in [5.41, 5.74) is 4.63. The van der Waals surface area contributed by atoms with Crippen LogP contribution in [0.15, 0.2) is 0 Å². The van der Waals surface area contributed by atoms with Gasteiger partial charge in [0.05, 0.1) is 18.4 Å². The molecule has 0 aromatic carbocycles. The summed E-state index contributed by atoms with van der Waals surface area (Å²) in [5.74, 6) is -0.595. The molecule has 0 aliphatic rings. The van der Waals surface area contributed by atoms with Crippen molar-refractivity contribution >= 4 is 11.9 Å². The van der Waals surface area contributed by atoms with Crippen LogP contribution < -0.4 is 11.1 Å². The second kappa shape index (κ2) is 6.48. The van der Waals surface area contributed by atoms with Crippen LogP contribution in [0.25, 0.3) is 0 Å². The van der Waals surface area contributed by atoms with Gasteiger partial charge in [-0.05, 0) is 27.7 Å². The Hall–Kier alpha value is -1.10. The molecule has 94 valence electrons. The van der Waals surface area contributed by atoms with Crippen LogP contribution in [0.1, 0.15) is 34.1 Å². The molecule has 0 saturated heterocycles. The molecule has 5 nitrogen and oxygen atoms in total. The Labute approximate surface area is 96.7 Å². The minimum absolute atomic E-state index is 0.0299. The van der Waals surface area contributed by atoms with E-state index in [1.165, 1.54) is 0 Å². The van der Waals surface area contributed by atoms with Gasteiger partial charge >= 0.3 is 5.97 Å². The van der Waals surface area contributed by atoms with Gasteiger partial charge in [-0.2, -0.15) is 0 Å². The number of ether oxygens (including phenoxy) is 1. The molecule has 0 aliphatic carbocycles. The summed E-state index contributed by atoms with van der Waals surface area (Å²) >= 11 is 0. The zero-order valence-electron chi connectivity index (χ0n) is 10.5. The molecule has 0 aliphatic heterocycles. The summed E-state index contributed by atoms with van der Waals surface area (Å²) in [4.78, 5) is 22.2. The normalized spacial score (nSPS) is 13.2. The Bertz CT molecular complexity index is 252. The highest BCUT2D eigenvalue weighted by molar-refractivity contribution is 5.80. The van der Waals surface area contributed by atoms with Gasteiger partial charge in [0.1, 0.15) is 0 Å². The SMILES string of the molecule is CCOC(=O)CC(C)NCC(C)(C)C(N)=O. The van der Waals surface area contributed by atoms with E-state index in [9.17, 15) is 9.59 Å². The zero-order valence-corrected chi connectivity index (χ0v) is 10.5. The number of hydrogen-bond acceptors (Lipinski definition) is 4. The van der Waals surface area contributed by atoms with Gasteiger partial charge in [0, 0.05) is 12.6 Å². The standard InChI is InChI=1S/C11H22N2O3/c1-5-16-9(14)6-8(2)13-7-11(3,4)10(12)15/h8,13H,5-7H2,1-4H3,(H2,12,15). The van der Waals surface area contributed by atoms with Gasteiger partial charge in [0.2, 0.25) is 5.91 Å². The number of hydrogen-bond donors (Lipinski definition) is 2. The minimum atomic E-state index is -0.608. The molecule has 16 heavy (non-hydrogen) atoms. The predicted octanol–water partition coefficient (Wildman–Crippen LogP) is 0.429. The molecule has 5 heteroatoms. The van der Waals surface area contributed by atoms with Crippen molar-refractivity contribution in [2.45, 2.75) is 40.2 Å². The van der Waals surface area contributed by atoms with Crippen molar-refractivity contribution in [2.75, 3.05) is 13.2 Å². The molecule has 0 spiro atoms. The number of nitrogens with one attached hydrogen (secondary N) is 1. The maximum atomic E-state index is 11.2. The monoisotopic (exact) mass is 230 g/mol. The maximum Gasteiger partial charge on any atom is 0.307 e. The second-order valence-electron chi connectivity index (χ2n) is 4.54. The van der Waals surface area contributed by atoms with Crippen LogP contribution >= 0.6 is 0 Å². The third kappa shape index (κ3) is 5.70. The molecule has 1 atom stereocenters.